The Balaban J connectivity index is 2.26. The summed E-state index contributed by atoms with van der Waals surface area (Å²) in [5.74, 6) is 3.02. The molecule has 1 aliphatic carbocycles. The molecule has 2 nitrogen and oxygen atoms in total. The summed E-state index contributed by atoms with van der Waals surface area (Å²) in [5, 5.41) is 11.7. The van der Waals surface area contributed by atoms with Crippen LogP contribution in [0.2, 0.25) is 0 Å². The molecule has 0 aromatic heterocycles. The lowest BCUT2D eigenvalue weighted by Gasteiger charge is -2.29. The minimum atomic E-state index is -0.0141. The second kappa shape index (κ2) is 4.01. The van der Waals surface area contributed by atoms with Gasteiger partial charge >= 0.3 is 0 Å². The summed E-state index contributed by atoms with van der Waals surface area (Å²) in [6.45, 7) is 0.509. The van der Waals surface area contributed by atoms with Crippen molar-refractivity contribution in [2.24, 2.45) is 5.92 Å². The monoisotopic (exact) mass is 148 g/mol. The van der Waals surface area contributed by atoms with Gasteiger partial charge in [0, 0.05) is 0 Å². The van der Waals surface area contributed by atoms with Gasteiger partial charge in [-0.3, -0.25) is 5.32 Å². The summed E-state index contributed by atoms with van der Waals surface area (Å²) < 4.78 is 0. The van der Waals surface area contributed by atoms with E-state index in [1.807, 2.05) is 0 Å². The van der Waals surface area contributed by atoms with Gasteiger partial charge in [0.05, 0.1) is 18.7 Å². The Labute approximate surface area is 67.6 Å². The average Bonchev–Trinajstić information content (AvgIpc) is 1.93. The maximum Gasteiger partial charge on any atom is 0.0988 e. The molecule has 1 atom stereocenters. The van der Waals surface area contributed by atoms with Crippen molar-refractivity contribution in [1.29, 1.82) is 5.26 Å². The first-order chi connectivity index (χ1) is 5.38. The van der Waals surface area contributed by atoms with Crippen LogP contribution in [0, 0.1) is 29.6 Å². The van der Waals surface area contributed by atoms with E-state index in [0.29, 0.717) is 12.5 Å². The van der Waals surface area contributed by atoms with Crippen molar-refractivity contribution >= 4 is 0 Å². The fourth-order valence-electron chi connectivity index (χ4n) is 1.26. The molecule has 1 N–H and O–H groups in total. The minimum Gasteiger partial charge on any atom is -0.291 e. The highest BCUT2D eigenvalue weighted by Crippen LogP contribution is 2.29. The molecule has 0 aliphatic heterocycles. The summed E-state index contributed by atoms with van der Waals surface area (Å²) in [7, 11) is 0. The highest BCUT2D eigenvalue weighted by atomic mass is 14.9. The predicted octanol–water partition coefficient (Wildman–Crippen LogP) is 0.901. The molecule has 0 saturated heterocycles. The summed E-state index contributed by atoms with van der Waals surface area (Å²) in [5.41, 5.74) is 0. The average molecular weight is 148 g/mol. The van der Waals surface area contributed by atoms with Crippen LogP contribution < -0.4 is 5.32 Å². The van der Waals surface area contributed by atoms with Crippen LogP contribution in [0.1, 0.15) is 19.3 Å². The van der Waals surface area contributed by atoms with E-state index in [4.69, 9.17) is 11.7 Å². The normalized spacial score (nSPS) is 19.5. The van der Waals surface area contributed by atoms with Crippen molar-refractivity contribution in [3.63, 3.8) is 0 Å². The Morgan fingerprint density at radius 2 is 2.36 bits per heavy atom. The lowest BCUT2D eigenvalue weighted by molar-refractivity contribution is 0.268. The maximum atomic E-state index is 8.71. The third kappa shape index (κ3) is 1.97. The molecule has 0 amide bonds. The third-order valence-corrected chi connectivity index (χ3v) is 2.18. The van der Waals surface area contributed by atoms with Crippen LogP contribution >= 0.6 is 0 Å². The van der Waals surface area contributed by atoms with Crippen LogP contribution in [0.5, 0.6) is 0 Å². The Hall–Kier alpha value is -0.990. The number of nitrogens with one attached hydrogen (secondary N) is 1. The molecule has 58 valence electrons. The number of terminal acetylenes is 1. The largest absolute Gasteiger partial charge is 0.291 e. The maximum absolute atomic E-state index is 8.71. The van der Waals surface area contributed by atoms with E-state index in [0.717, 1.165) is 0 Å². The van der Waals surface area contributed by atoms with E-state index in [9.17, 15) is 0 Å². The van der Waals surface area contributed by atoms with E-state index in [-0.39, 0.29) is 6.04 Å². The van der Waals surface area contributed by atoms with Crippen LogP contribution in [-0.4, -0.2) is 12.6 Å². The molecule has 1 unspecified atom stereocenters. The molecule has 0 spiro atoms. The van der Waals surface area contributed by atoms with E-state index in [1.54, 1.807) is 0 Å². The van der Waals surface area contributed by atoms with Gasteiger partial charge in [-0.05, 0) is 18.8 Å². The van der Waals surface area contributed by atoms with Gasteiger partial charge in [0.25, 0.3) is 0 Å². The van der Waals surface area contributed by atoms with E-state index >= 15 is 0 Å². The smallest absolute Gasteiger partial charge is 0.0988 e. The van der Waals surface area contributed by atoms with Crippen molar-refractivity contribution in [2.75, 3.05) is 6.54 Å². The van der Waals surface area contributed by atoms with Crippen LogP contribution in [0.4, 0.5) is 0 Å². The Kier molecular flexibility index (Phi) is 2.95. The van der Waals surface area contributed by atoms with Gasteiger partial charge in [0.15, 0.2) is 0 Å². The Morgan fingerprint density at radius 3 is 2.73 bits per heavy atom. The molecular weight excluding hydrogens is 136 g/mol. The number of hydrogen-bond acceptors (Lipinski definition) is 2. The molecule has 1 saturated carbocycles. The van der Waals surface area contributed by atoms with Crippen LogP contribution in [0.25, 0.3) is 0 Å². The number of nitrogens with zero attached hydrogens (tertiary/aromatic N) is 1. The van der Waals surface area contributed by atoms with Gasteiger partial charge in [-0.1, -0.05) is 12.3 Å². The quantitative estimate of drug-likeness (QED) is 0.604. The van der Waals surface area contributed by atoms with Crippen molar-refractivity contribution in [1.82, 2.24) is 5.32 Å². The summed E-state index contributed by atoms with van der Waals surface area (Å²) >= 11 is 0. The van der Waals surface area contributed by atoms with Gasteiger partial charge in [0.2, 0.25) is 0 Å². The van der Waals surface area contributed by atoms with Crippen LogP contribution in [0.15, 0.2) is 0 Å². The topological polar surface area (TPSA) is 35.8 Å². The van der Waals surface area contributed by atoms with Gasteiger partial charge < -0.3 is 0 Å². The zero-order chi connectivity index (χ0) is 8.10. The molecule has 2 heteroatoms. The number of rotatable bonds is 3. The second-order valence-corrected chi connectivity index (χ2v) is 2.88. The zero-order valence-electron chi connectivity index (χ0n) is 6.51. The summed E-state index contributed by atoms with van der Waals surface area (Å²) in [4.78, 5) is 0. The highest BCUT2D eigenvalue weighted by Gasteiger charge is 2.26. The van der Waals surface area contributed by atoms with Crippen molar-refractivity contribution in [3.8, 4) is 18.4 Å². The second-order valence-electron chi connectivity index (χ2n) is 2.88. The number of nitriles is 1. The van der Waals surface area contributed by atoms with Gasteiger partial charge in [0.1, 0.15) is 0 Å². The molecule has 0 aromatic carbocycles. The molecule has 1 aliphatic rings. The van der Waals surface area contributed by atoms with Crippen LogP contribution in [-0.2, 0) is 0 Å². The SMILES string of the molecule is C#CCNC(C#N)C1CCC1. The minimum absolute atomic E-state index is 0.0141. The molecular formula is C9H12N2. The lowest BCUT2D eigenvalue weighted by Crippen LogP contribution is -2.38. The fraction of sp³-hybridized carbons (Fsp3) is 0.667. The standard InChI is InChI=1S/C9H12N2/c1-2-6-11-9(7-10)8-4-3-5-8/h1,8-9,11H,3-6H2. The molecule has 1 rings (SSSR count). The van der Waals surface area contributed by atoms with Crippen molar-refractivity contribution < 1.29 is 0 Å². The first-order valence-electron chi connectivity index (χ1n) is 3.95. The van der Waals surface area contributed by atoms with Crippen LogP contribution in [0.3, 0.4) is 0 Å². The van der Waals surface area contributed by atoms with Crippen molar-refractivity contribution in [3.05, 3.63) is 0 Å². The lowest BCUT2D eigenvalue weighted by atomic mass is 9.80. The van der Waals surface area contributed by atoms with Gasteiger partial charge in [-0.15, -0.1) is 6.42 Å². The highest BCUT2D eigenvalue weighted by molar-refractivity contribution is 5.00. The number of hydrogen-bond donors (Lipinski definition) is 1. The molecule has 0 heterocycles. The van der Waals surface area contributed by atoms with Gasteiger partial charge in [-0.2, -0.15) is 5.26 Å². The van der Waals surface area contributed by atoms with E-state index < -0.39 is 0 Å². The molecule has 1 fully saturated rings. The third-order valence-electron chi connectivity index (χ3n) is 2.18. The Morgan fingerprint density at radius 1 is 1.64 bits per heavy atom. The summed E-state index contributed by atoms with van der Waals surface area (Å²) in [6, 6.07) is 2.22. The fourth-order valence-corrected chi connectivity index (χ4v) is 1.26. The van der Waals surface area contributed by atoms with Crippen molar-refractivity contribution in [2.45, 2.75) is 25.3 Å². The van der Waals surface area contributed by atoms with E-state index in [2.05, 4.69) is 17.3 Å². The summed E-state index contributed by atoms with van der Waals surface area (Å²) in [6.07, 6.45) is 8.69. The first kappa shape index (κ1) is 8.11. The molecule has 0 bridgehead atoms. The molecule has 0 radical (unpaired) electrons. The van der Waals surface area contributed by atoms with Gasteiger partial charge in [-0.25, -0.2) is 0 Å². The Bertz CT molecular complexity index is 193. The van der Waals surface area contributed by atoms with E-state index in [1.165, 1.54) is 19.3 Å². The molecule has 11 heavy (non-hydrogen) atoms. The first-order valence-corrected chi connectivity index (χ1v) is 3.95. The predicted molar refractivity (Wildman–Crippen MR) is 43.6 cm³/mol. The molecule has 0 aromatic rings. The zero-order valence-corrected chi connectivity index (χ0v) is 6.51.